The van der Waals surface area contributed by atoms with Crippen LogP contribution in [0.25, 0.3) is 11.4 Å². The first-order chi connectivity index (χ1) is 12.8. The normalized spacial score (nSPS) is 12.4. The van der Waals surface area contributed by atoms with Gasteiger partial charge >= 0.3 is 5.97 Å². The summed E-state index contributed by atoms with van der Waals surface area (Å²) in [6, 6.07) is 6.06. The summed E-state index contributed by atoms with van der Waals surface area (Å²) in [7, 11) is 0. The van der Waals surface area contributed by atoms with Crippen LogP contribution in [-0.2, 0) is 16.0 Å². The number of rotatable bonds is 9. The minimum atomic E-state index is -2.83. The van der Waals surface area contributed by atoms with Gasteiger partial charge in [0.15, 0.2) is 0 Å². The van der Waals surface area contributed by atoms with E-state index in [1.165, 1.54) is 5.56 Å². The summed E-state index contributed by atoms with van der Waals surface area (Å²) in [5, 5.41) is 14.8. The minimum Gasteiger partial charge on any atom is -0.480 e. The Balaban J connectivity index is 1.91. The lowest BCUT2D eigenvalue weighted by Crippen LogP contribution is -2.42. The van der Waals surface area contributed by atoms with Crippen LogP contribution in [0, 0.1) is 0 Å². The molecule has 0 spiro atoms. The quantitative estimate of drug-likeness (QED) is 0.692. The number of aromatic nitrogens is 2. The Kier molecular flexibility index (Phi) is 6.98. The van der Waals surface area contributed by atoms with E-state index in [1.54, 1.807) is 0 Å². The van der Waals surface area contributed by atoms with E-state index in [4.69, 9.17) is 9.63 Å². The molecule has 1 aromatic heterocycles. The predicted octanol–water partition coefficient (Wildman–Crippen LogP) is 3.02. The van der Waals surface area contributed by atoms with Crippen LogP contribution in [0.5, 0.6) is 0 Å². The van der Waals surface area contributed by atoms with Crippen molar-refractivity contribution in [3.63, 3.8) is 0 Å². The van der Waals surface area contributed by atoms with Crippen molar-refractivity contribution in [2.45, 2.75) is 51.5 Å². The second-order valence-corrected chi connectivity index (χ2v) is 6.37. The number of carboxylic acids is 1. The number of carbonyl (C=O) groups is 2. The Morgan fingerprint density at radius 3 is 2.44 bits per heavy atom. The second-order valence-electron chi connectivity index (χ2n) is 6.37. The molecule has 2 aromatic rings. The fourth-order valence-corrected chi connectivity index (χ4v) is 2.38. The van der Waals surface area contributed by atoms with E-state index in [-0.39, 0.29) is 18.7 Å². The molecular weight excluding hydrogens is 360 g/mol. The van der Waals surface area contributed by atoms with E-state index in [0.29, 0.717) is 11.7 Å². The average molecular weight is 381 g/mol. The van der Waals surface area contributed by atoms with Gasteiger partial charge in [-0.3, -0.25) is 4.79 Å². The van der Waals surface area contributed by atoms with Crippen LogP contribution >= 0.6 is 0 Å². The molecule has 7 nitrogen and oxygen atoms in total. The smallest absolute Gasteiger partial charge is 0.326 e. The van der Waals surface area contributed by atoms with Gasteiger partial charge < -0.3 is 14.9 Å². The molecule has 0 saturated carbocycles. The molecule has 2 N–H and O–H groups in total. The first-order valence-corrected chi connectivity index (χ1v) is 8.49. The van der Waals surface area contributed by atoms with Gasteiger partial charge in [0.05, 0.1) is 0 Å². The van der Waals surface area contributed by atoms with E-state index < -0.39 is 30.8 Å². The van der Waals surface area contributed by atoms with Crippen LogP contribution in [0.1, 0.15) is 44.1 Å². The van der Waals surface area contributed by atoms with E-state index >= 15 is 0 Å². The lowest BCUT2D eigenvalue weighted by atomic mass is 10.0. The van der Waals surface area contributed by atoms with Crippen molar-refractivity contribution in [1.29, 1.82) is 0 Å². The molecule has 1 heterocycles. The number of benzene rings is 1. The number of halogens is 2. The Labute approximate surface area is 154 Å². The summed E-state index contributed by atoms with van der Waals surface area (Å²) in [5.41, 5.74) is 1.94. The molecule has 27 heavy (non-hydrogen) atoms. The third-order valence-electron chi connectivity index (χ3n) is 3.92. The molecule has 1 amide bonds. The van der Waals surface area contributed by atoms with Gasteiger partial charge in [0, 0.05) is 24.8 Å². The van der Waals surface area contributed by atoms with E-state index in [1.807, 2.05) is 24.3 Å². The van der Waals surface area contributed by atoms with E-state index in [9.17, 15) is 18.4 Å². The number of hydrogen-bond acceptors (Lipinski definition) is 5. The van der Waals surface area contributed by atoms with Gasteiger partial charge in [-0.15, -0.1) is 0 Å². The maximum absolute atomic E-state index is 12.3. The van der Waals surface area contributed by atoms with Crippen LogP contribution in [0.3, 0.4) is 0 Å². The first-order valence-electron chi connectivity index (χ1n) is 8.49. The van der Waals surface area contributed by atoms with Crippen molar-refractivity contribution in [1.82, 2.24) is 15.5 Å². The number of alkyl halides is 2. The molecule has 2 rings (SSSR count). The highest BCUT2D eigenvalue weighted by atomic mass is 19.3. The molecule has 1 aromatic carbocycles. The first kappa shape index (κ1) is 20.5. The zero-order valence-corrected chi connectivity index (χ0v) is 15.0. The van der Waals surface area contributed by atoms with Gasteiger partial charge in [0.25, 0.3) is 0 Å². The van der Waals surface area contributed by atoms with Crippen LogP contribution < -0.4 is 5.32 Å². The Bertz CT molecular complexity index is 775. The van der Waals surface area contributed by atoms with E-state index in [2.05, 4.69) is 29.3 Å². The predicted molar refractivity (Wildman–Crippen MR) is 92.3 cm³/mol. The number of aliphatic carboxylic acids is 1. The fraction of sp³-hybridized carbons (Fsp3) is 0.444. The van der Waals surface area contributed by atoms with Crippen molar-refractivity contribution in [3.8, 4) is 11.4 Å². The van der Waals surface area contributed by atoms with Gasteiger partial charge in [-0.1, -0.05) is 43.3 Å². The molecule has 146 valence electrons. The highest BCUT2D eigenvalue weighted by molar-refractivity contribution is 5.83. The third-order valence-corrected chi connectivity index (χ3v) is 3.92. The zero-order valence-electron chi connectivity index (χ0n) is 15.0. The SMILES string of the molecule is CC(C)c1ccc(-c2noc(CCC(=O)NC(CC(F)F)C(=O)O)n2)cc1. The molecule has 1 atom stereocenters. The number of amides is 1. The van der Waals surface area contributed by atoms with Crippen LogP contribution in [0.15, 0.2) is 28.8 Å². The number of carboxylic acid groups (broad SMARTS) is 1. The Morgan fingerprint density at radius 1 is 1.22 bits per heavy atom. The molecule has 0 radical (unpaired) electrons. The summed E-state index contributed by atoms with van der Waals surface area (Å²) in [6.07, 6.45) is -3.85. The van der Waals surface area contributed by atoms with Crippen LogP contribution in [0.4, 0.5) is 8.78 Å². The van der Waals surface area contributed by atoms with Gasteiger partial charge in [-0.25, -0.2) is 13.6 Å². The van der Waals surface area contributed by atoms with Gasteiger partial charge in [-0.05, 0) is 11.5 Å². The topological polar surface area (TPSA) is 105 Å². The minimum absolute atomic E-state index is 0.0733. The second kappa shape index (κ2) is 9.20. The monoisotopic (exact) mass is 381 g/mol. The molecule has 9 heteroatoms. The number of aryl methyl sites for hydroxylation is 1. The number of nitrogens with one attached hydrogen (secondary N) is 1. The number of carbonyl (C=O) groups excluding carboxylic acids is 1. The highest BCUT2D eigenvalue weighted by Crippen LogP contribution is 2.20. The fourth-order valence-electron chi connectivity index (χ4n) is 2.38. The lowest BCUT2D eigenvalue weighted by Gasteiger charge is -2.13. The molecule has 0 fully saturated rings. The lowest BCUT2D eigenvalue weighted by molar-refractivity contribution is -0.143. The maximum Gasteiger partial charge on any atom is 0.326 e. The summed E-state index contributed by atoms with van der Waals surface area (Å²) in [5.74, 6) is -1.20. The van der Waals surface area contributed by atoms with Crippen LogP contribution in [0.2, 0.25) is 0 Å². The summed E-state index contributed by atoms with van der Waals surface area (Å²) >= 11 is 0. The van der Waals surface area contributed by atoms with Crippen LogP contribution in [-0.4, -0.2) is 39.6 Å². The van der Waals surface area contributed by atoms with Crippen molar-refractivity contribution in [2.24, 2.45) is 0 Å². The Hall–Kier alpha value is -2.84. The standard InChI is InChI=1S/C18H21F2N3O4/c1-10(2)11-3-5-12(6-4-11)17-22-16(27-23-17)8-7-15(24)21-13(18(25)26)9-14(19)20/h3-6,10,13-14H,7-9H2,1-2H3,(H,21,24)(H,25,26). The summed E-state index contributed by atoms with van der Waals surface area (Å²) in [4.78, 5) is 26.9. The van der Waals surface area contributed by atoms with Crippen molar-refractivity contribution in [2.75, 3.05) is 0 Å². The number of hydrogen-bond donors (Lipinski definition) is 2. The molecular formula is C18H21F2N3O4. The molecule has 0 aliphatic rings. The number of nitrogens with zero attached hydrogens (tertiary/aromatic N) is 2. The molecule has 0 saturated heterocycles. The van der Waals surface area contributed by atoms with Gasteiger partial charge in [0.1, 0.15) is 6.04 Å². The molecule has 1 unspecified atom stereocenters. The third kappa shape index (κ3) is 6.12. The van der Waals surface area contributed by atoms with Crippen molar-refractivity contribution >= 4 is 11.9 Å². The molecule has 0 bridgehead atoms. The van der Waals surface area contributed by atoms with Crippen molar-refractivity contribution < 1.29 is 28.0 Å². The summed E-state index contributed by atoms with van der Waals surface area (Å²) in [6.45, 7) is 4.17. The zero-order chi connectivity index (χ0) is 20.0. The largest absolute Gasteiger partial charge is 0.480 e. The Morgan fingerprint density at radius 2 is 1.89 bits per heavy atom. The molecule has 0 aliphatic carbocycles. The van der Waals surface area contributed by atoms with Gasteiger partial charge in [0.2, 0.25) is 24.0 Å². The maximum atomic E-state index is 12.3. The highest BCUT2D eigenvalue weighted by Gasteiger charge is 2.24. The van der Waals surface area contributed by atoms with Crippen molar-refractivity contribution in [3.05, 3.63) is 35.7 Å². The van der Waals surface area contributed by atoms with E-state index in [0.717, 1.165) is 5.56 Å². The average Bonchev–Trinajstić information content (AvgIpc) is 3.08. The summed E-state index contributed by atoms with van der Waals surface area (Å²) < 4.78 is 29.7. The van der Waals surface area contributed by atoms with Gasteiger partial charge in [-0.2, -0.15) is 4.98 Å². The molecule has 0 aliphatic heterocycles.